The first kappa shape index (κ1) is 16.4. The molecule has 0 amide bonds. The number of fused-ring (bicyclic) bond motifs is 1. The predicted molar refractivity (Wildman–Crippen MR) is 104 cm³/mol. The van der Waals surface area contributed by atoms with Crippen molar-refractivity contribution >= 4 is 22.8 Å². The van der Waals surface area contributed by atoms with Crippen molar-refractivity contribution < 1.29 is 0 Å². The number of guanidine groups is 1. The average Bonchev–Trinajstić information content (AvgIpc) is 3.18. The number of piperazine rings is 1. The number of rotatable bonds is 4. The fraction of sp³-hybridized carbons (Fsp3) is 0.316. The molecule has 0 radical (unpaired) electrons. The third kappa shape index (κ3) is 3.46. The first-order chi connectivity index (χ1) is 12.8. The van der Waals surface area contributed by atoms with E-state index in [4.69, 9.17) is 5.73 Å². The molecule has 1 aliphatic rings. The molecule has 0 saturated carbocycles. The average molecular weight is 349 g/mol. The zero-order chi connectivity index (χ0) is 17.8. The molecule has 4 rings (SSSR count). The second-order valence-electron chi connectivity index (χ2n) is 6.37. The van der Waals surface area contributed by atoms with Crippen LogP contribution in [0.25, 0.3) is 10.9 Å². The zero-order valence-electron chi connectivity index (χ0n) is 14.7. The summed E-state index contributed by atoms with van der Waals surface area (Å²) in [6, 6.07) is 10.3. The Morgan fingerprint density at radius 3 is 2.69 bits per heavy atom. The Morgan fingerprint density at radius 2 is 1.88 bits per heavy atom. The van der Waals surface area contributed by atoms with Crippen LogP contribution >= 0.6 is 0 Å². The molecular weight excluding hydrogens is 326 g/mol. The lowest BCUT2D eigenvalue weighted by atomic mass is 10.1. The largest absolute Gasteiger partial charge is 0.370 e. The maximum Gasteiger partial charge on any atom is 0.225 e. The molecule has 3 aromatic rings. The molecule has 1 aromatic carbocycles. The summed E-state index contributed by atoms with van der Waals surface area (Å²) < 4.78 is 0. The number of anilines is 1. The highest BCUT2D eigenvalue weighted by Crippen LogP contribution is 2.17. The summed E-state index contributed by atoms with van der Waals surface area (Å²) in [6.07, 6.45) is 6.40. The summed E-state index contributed by atoms with van der Waals surface area (Å²) >= 11 is 0. The molecule has 0 bridgehead atoms. The lowest BCUT2D eigenvalue weighted by molar-refractivity contribution is 0.378. The highest BCUT2D eigenvalue weighted by atomic mass is 15.3. The van der Waals surface area contributed by atoms with E-state index in [1.165, 1.54) is 16.5 Å². The monoisotopic (exact) mass is 349 g/mol. The minimum Gasteiger partial charge on any atom is -0.370 e. The normalized spacial score (nSPS) is 15.6. The zero-order valence-corrected chi connectivity index (χ0v) is 14.7. The Kier molecular flexibility index (Phi) is 4.68. The molecule has 3 heterocycles. The Morgan fingerprint density at radius 1 is 1.08 bits per heavy atom. The topological polar surface area (TPSA) is 86.4 Å². The van der Waals surface area contributed by atoms with Gasteiger partial charge in [0.05, 0.1) is 0 Å². The summed E-state index contributed by atoms with van der Waals surface area (Å²) in [7, 11) is 0. The summed E-state index contributed by atoms with van der Waals surface area (Å²) in [5.41, 5.74) is 8.67. The van der Waals surface area contributed by atoms with Gasteiger partial charge in [-0.3, -0.25) is 4.99 Å². The van der Waals surface area contributed by atoms with E-state index >= 15 is 0 Å². The van der Waals surface area contributed by atoms with Gasteiger partial charge in [-0.05, 0) is 30.2 Å². The molecule has 0 atom stereocenters. The van der Waals surface area contributed by atoms with Crippen molar-refractivity contribution in [3.63, 3.8) is 0 Å². The van der Waals surface area contributed by atoms with Crippen LogP contribution in [-0.2, 0) is 6.42 Å². The number of hydrogen-bond acceptors (Lipinski definition) is 4. The van der Waals surface area contributed by atoms with Gasteiger partial charge in [-0.2, -0.15) is 0 Å². The van der Waals surface area contributed by atoms with E-state index in [1.54, 1.807) is 12.4 Å². The summed E-state index contributed by atoms with van der Waals surface area (Å²) in [5.74, 6) is 1.40. The molecule has 3 N–H and O–H groups in total. The third-order valence-corrected chi connectivity index (χ3v) is 4.78. The summed E-state index contributed by atoms with van der Waals surface area (Å²) in [5, 5.41) is 1.26. The van der Waals surface area contributed by atoms with Crippen LogP contribution < -0.4 is 10.6 Å². The Bertz CT molecular complexity index is 879. The van der Waals surface area contributed by atoms with Crippen molar-refractivity contribution in [2.75, 3.05) is 37.6 Å². The fourth-order valence-electron chi connectivity index (χ4n) is 3.35. The van der Waals surface area contributed by atoms with E-state index in [9.17, 15) is 0 Å². The maximum atomic E-state index is 6.21. The fourth-order valence-corrected chi connectivity index (χ4v) is 3.35. The van der Waals surface area contributed by atoms with Crippen LogP contribution in [-0.4, -0.2) is 58.5 Å². The van der Waals surface area contributed by atoms with Crippen LogP contribution in [0.1, 0.15) is 5.56 Å². The molecule has 0 spiro atoms. The number of hydrogen-bond donors (Lipinski definition) is 2. The molecular formula is C19H23N7. The quantitative estimate of drug-likeness (QED) is 0.552. The van der Waals surface area contributed by atoms with Gasteiger partial charge in [0, 0.05) is 62.2 Å². The van der Waals surface area contributed by atoms with Crippen LogP contribution in [0.4, 0.5) is 5.95 Å². The third-order valence-electron chi connectivity index (χ3n) is 4.78. The van der Waals surface area contributed by atoms with Gasteiger partial charge in [-0.1, -0.05) is 12.1 Å². The lowest BCUT2D eigenvalue weighted by Gasteiger charge is -2.35. The smallest absolute Gasteiger partial charge is 0.225 e. The highest BCUT2D eigenvalue weighted by Gasteiger charge is 2.19. The van der Waals surface area contributed by atoms with Crippen molar-refractivity contribution in [1.82, 2.24) is 19.9 Å². The van der Waals surface area contributed by atoms with E-state index < -0.39 is 0 Å². The van der Waals surface area contributed by atoms with Crippen molar-refractivity contribution in [1.29, 1.82) is 0 Å². The summed E-state index contributed by atoms with van der Waals surface area (Å²) in [6.45, 7) is 4.06. The van der Waals surface area contributed by atoms with E-state index in [-0.39, 0.29) is 0 Å². The molecule has 26 heavy (non-hydrogen) atoms. The number of aromatic nitrogens is 3. The van der Waals surface area contributed by atoms with Crippen LogP contribution in [0, 0.1) is 0 Å². The lowest BCUT2D eigenvalue weighted by Crippen LogP contribution is -2.51. The number of benzene rings is 1. The molecule has 0 aliphatic carbocycles. The van der Waals surface area contributed by atoms with Gasteiger partial charge in [-0.15, -0.1) is 0 Å². The summed E-state index contributed by atoms with van der Waals surface area (Å²) in [4.78, 5) is 20.8. The van der Waals surface area contributed by atoms with Crippen molar-refractivity contribution in [3.05, 3.63) is 54.5 Å². The second-order valence-corrected chi connectivity index (χ2v) is 6.37. The molecule has 7 nitrogen and oxygen atoms in total. The van der Waals surface area contributed by atoms with Gasteiger partial charge in [0.2, 0.25) is 5.95 Å². The van der Waals surface area contributed by atoms with E-state index in [2.05, 4.69) is 54.0 Å². The molecule has 0 unspecified atom stereocenters. The first-order valence-electron chi connectivity index (χ1n) is 8.93. The number of nitrogens with two attached hydrogens (primary N) is 1. The molecule has 1 fully saturated rings. The number of nitrogens with zero attached hydrogens (tertiary/aromatic N) is 5. The van der Waals surface area contributed by atoms with E-state index in [1.807, 2.05) is 12.3 Å². The van der Waals surface area contributed by atoms with Gasteiger partial charge in [0.15, 0.2) is 5.96 Å². The first-order valence-corrected chi connectivity index (χ1v) is 8.93. The van der Waals surface area contributed by atoms with Crippen molar-refractivity contribution in [2.45, 2.75) is 6.42 Å². The molecule has 1 aliphatic heterocycles. The standard InChI is InChI=1S/C19H23N7/c20-18(22-9-5-15-3-1-4-17-16(15)6-10-21-17)25-11-13-26(14-12-25)19-23-7-2-8-24-19/h1-4,6-8,10,21H,5,9,11-14H2,(H2,20,22). The second kappa shape index (κ2) is 7.43. The van der Waals surface area contributed by atoms with Crippen molar-refractivity contribution in [3.8, 4) is 0 Å². The van der Waals surface area contributed by atoms with Crippen LogP contribution in [0.15, 0.2) is 53.9 Å². The van der Waals surface area contributed by atoms with Crippen LogP contribution in [0.2, 0.25) is 0 Å². The number of nitrogens with one attached hydrogen (secondary N) is 1. The van der Waals surface area contributed by atoms with Gasteiger partial charge >= 0.3 is 0 Å². The SMILES string of the molecule is NC(=NCCc1cccc2[nH]ccc12)N1CCN(c2ncccn2)CC1. The number of H-pyrrole nitrogens is 1. The molecule has 2 aromatic heterocycles. The Labute approximate surface area is 152 Å². The number of aliphatic imine (C=N–C) groups is 1. The van der Waals surface area contributed by atoms with Gasteiger partial charge in [-0.25, -0.2) is 9.97 Å². The van der Waals surface area contributed by atoms with Crippen LogP contribution in [0.3, 0.4) is 0 Å². The highest BCUT2D eigenvalue weighted by molar-refractivity contribution is 5.83. The van der Waals surface area contributed by atoms with Gasteiger partial charge in [0.25, 0.3) is 0 Å². The predicted octanol–water partition coefficient (Wildman–Crippen LogP) is 1.64. The van der Waals surface area contributed by atoms with E-state index in [0.29, 0.717) is 12.5 Å². The van der Waals surface area contributed by atoms with E-state index in [0.717, 1.165) is 38.5 Å². The minimum absolute atomic E-state index is 0.625. The molecule has 1 saturated heterocycles. The van der Waals surface area contributed by atoms with Gasteiger partial charge < -0.3 is 20.5 Å². The maximum absolute atomic E-state index is 6.21. The van der Waals surface area contributed by atoms with Crippen LogP contribution in [0.5, 0.6) is 0 Å². The van der Waals surface area contributed by atoms with Gasteiger partial charge in [0.1, 0.15) is 0 Å². The van der Waals surface area contributed by atoms with Crippen molar-refractivity contribution in [2.24, 2.45) is 10.7 Å². The Balaban J connectivity index is 1.32. The Hall–Kier alpha value is -3.09. The molecule has 7 heteroatoms. The number of aromatic amines is 1. The minimum atomic E-state index is 0.625. The molecule has 134 valence electrons.